The molecule has 1 amide bonds. The van der Waals surface area contributed by atoms with E-state index in [2.05, 4.69) is 19.9 Å². The molecule has 1 aromatic rings. The molecule has 1 unspecified atom stereocenters. The van der Waals surface area contributed by atoms with Gasteiger partial charge >= 0.3 is 0 Å². The SMILES string of the molecule is O=C(NC1=NCCS1)C1CCn2cncc2C1. The van der Waals surface area contributed by atoms with Crippen molar-refractivity contribution in [1.29, 1.82) is 0 Å². The number of fused-ring (bicyclic) bond motifs is 1. The number of imidazole rings is 1. The van der Waals surface area contributed by atoms with Crippen LogP contribution < -0.4 is 5.32 Å². The van der Waals surface area contributed by atoms with E-state index in [1.165, 1.54) is 0 Å². The highest BCUT2D eigenvalue weighted by atomic mass is 32.2. The highest BCUT2D eigenvalue weighted by Crippen LogP contribution is 2.20. The predicted octanol–water partition coefficient (Wildman–Crippen LogP) is 0.664. The molecule has 2 aliphatic heterocycles. The summed E-state index contributed by atoms with van der Waals surface area (Å²) in [6, 6.07) is 0. The van der Waals surface area contributed by atoms with Crippen LogP contribution in [-0.2, 0) is 17.8 Å². The number of carbonyl (C=O) groups excluding carboxylic acids is 1. The molecule has 0 bridgehead atoms. The van der Waals surface area contributed by atoms with E-state index in [-0.39, 0.29) is 11.8 Å². The Labute approximate surface area is 104 Å². The molecule has 0 saturated carbocycles. The molecule has 1 N–H and O–H groups in total. The largest absolute Gasteiger partial charge is 0.335 e. The van der Waals surface area contributed by atoms with Gasteiger partial charge in [0.2, 0.25) is 5.91 Å². The van der Waals surface area contributed by atoms with E-state index in [0.717, 1.165) is 42.5 Å². The molecule has 0 fully saturated rings. The second-order valence-electron chi connectivity index (χ2n) is 4.29. The molecule has 6 heteroatoms. The summed E-state index contributed by atoms with van der Waals surface area (Å²) in [6.45, 7) is 1.70. The van der Waals surface area contributed by atoms with Crippen molar-refractivity contribution in [2.24, 2.45) is 10.9 Å². The number of hydrogen-bond acceptors (Lipinski definition) is 4. The zero-order valence-corrected chi connectivity index (χ0v) is 10.2. The molecule has 1 aromatic heterocycles. The number of rotatable bonds is 1. The van der Waals surface area contributed by atoms with Crippen LogP contribution in [0.4, 0.5) is 0 Å². The van der Waals surface area contributed by atoms with Crippen LogP contribution in [0, 0.1) is 5.92 Å². The third-order valence-electron chi connectivity index (χ3n) is 3.16. The lowest BCUT2D eigenvalue weighted by Gasteiger charge is -2.22. The maximum Gasteiger partial charge on any atom is 0.229 e. The van der Waals surface area contributed by atoms with E-state index in [0.29, 0.717) is 0 Å². The van der Waals surface area contributed by atoms with E-state index in [1.807, 2.05) is 12.5 Å². The second kappa shape index (κ2) is 4.52. The smallest absolute Gasteiger partial charge is 0.229 e. The summed E-state index contributed by atoms with van der Waals surface area (Å²) in [5, 5.41) is 3.70. The first-order chi connectivity index (χ1) is 8.33. The minimum absolute atomic E-state index is 0.0584. The standard InChI is InChI=1S/C11H14N4OS/c16-10(14-11-13-2-4-17-11)8-1-3-15-7-12-6-9(15)5-8/h6-8H,1-5H2,(H,13,14,16). The van der Waals surface area contributed by atoms with Crippen molar-refractivity contribution < 1.29 is 4.79 Å². The van der Waals surface area contributed by atoms with Gasteiger partial charge in [-0.3, -0.25) is 9.79 Å². The third kappa shape index (κ3) is 2.22. The number of hydrogen-bond donors (Lipinski definition) is 1. The Bertz CT molecular complexity index is 468. The summed E-state index contributed by atoms with van der Waals surface area (Å²) in [4.78, 5) is 20.4. The Morgan fingerprint density at radius 3 is 3.35 bits per heavy atom. The maximum atomic E-state index is 12.1. The number of carbonyl (C=O) groups is 1. The van der Waals surface area contributed by atoms with E-state index < -0.39 is 0 Å². The average Bonchev–Trinajstić information content (AvgIpc) is 2.97. The number of aliphatic imine (C=N–C) groups is 1. The minimum atomic E-state index is 0.0584. The maximum absolute atomic E-state index is 12.1. The number of aromatic nitrogens is 2. The van der Waals surface area contributed by atoms with Crippen molar-refractivity contribution >= 4 is 22.8 Å². The normalized spacial score (nSPS) is 23.1. The molecule has 0 radical (unpaired) electrons. The molecule has 2 aliphatic rings. The van der Waals surface area contributed by atoms with Crippen molar-refractivity contribution in [2.75, 3.05) is 12.3 Å². The molecule has 0 aliphatic carbocycles. The first-order valence-corrected chi connectivity index (χ1v) is 6.78. The van der Waals surface area contributed by atoms with Gasteiger partial charge in [-0.25, -0.2) is 4.98 Å². The van der Waals surface area contributed by atoms with Crippen LogP contribution in [0.3, 0.4) is 0 Å². The number of amidine groups is 1. The molecular weight excluding hydrogens is 236 g/mol. The first-order valence-electron chi connectivity index (χ1n) is 5.80. The molecule has 5 nitrogen and oxygen atoms in total. The number of amides is 1. The van der Waals surface area contributed by atoms with E-state index >= 15 is 0 Å². The van der Waals surface area contributed by atoms with Gasteiger partial charge in [0.05, 0.1) is 12.9 Å². The summed E-state index contributed by atoms with van der Waals surface area (Å²) in [5.41, 5.74) is 1.15. The molecule has 90 valence electrons. The molecule has 3 heterocycles. The Morgan fingerprint density at radius 2 is 2.53 bits per heavy atom. The molecule has 0 aromatic carbocycles. The van der Waals surface area contributed by atoms with Crippen molar-refractivity contribution in [3.8, 4) is 0 Å². The van der Waals surface area contributed by atoms with Gasteiger partial charge in [-0.1, -0.05) is 11.8 Å². The Kier molecular flexibility index (Phi) is 2.88. The van der Waals surface area contributed by atoms with Crippen LogP contribution in [-0.4, -0.2) is 32.9 Å². The average molecular weight is 250 g/mol. The first kappa shape index (κ1) is 10.8. The number of nitrogens with one attached hydrogen (secondary N) is 1. The van der Waals surface area contributed by atoms with Crippen molar-refractivity contribution in [2.45, 2.75) is 19.4 Å². The van der Waals surface area contributed by atoms with Gasteiger partial charge < -0.3 is 9.88 Å². The second-order valence-corrected chi connectivity index (χ2v) is 5.38. The lowest BCUT2D eigenvalue weighted by atomic mass is 9.95. The topological polar surface area (TPSA) is 59.3 Å². The highest BCUT2D eigenvalue weighted by Gasteiger charge is 2.26. The lowest BCUT2D eigenvalue weighted by molar-refractivity contribution is -0.124. The fraction of sp³-hybridized carbons (Fsp3) is 0.545. The molecule has 3 rings (SSSR count). The van der Waals surface area contributed by atoms with Crippen LogP contribution in [0.15, 0.2) is 17.5 Å². The van der Waals surface area contributed by atoms with Gasteiger partial charge in [-0.05, 0) is 6.42 Å². The van der Waals surface area contributed by atoms with Crippen LogP contribution in [0.25, 0.3) is 0 Å². The van der Waals surface area contributed by atoms with E-state index in [9.17, 15) is 4.79 Å². The van der Waals surface area contributed by atoms with Crippen molar-refractivity contribution in [1.82, 2.24) is 14.9 Å². The third-order valence-corrected chi connectivity index (χ3v) is 4.05. The quantitative estimate of drug-likeness (QED) is 0.796. The minimum Gasteiger partial charge on any atom is -0.335 e. The molecular formula is C11H14N4OS. The molecule has 0 saturated heterocycles. The van der Waals surface area contributed by atoms with Crippen LogP contribution in [0.5, 0.6) is 0 Å². The highest BCUT2D eigenvalue weighted by molar-refractivity contribution is 8.14. The van der Waals surface area contributed by atoms with Crippen LogP contribution >= 0.6 is 11.8 Å². The monoisotopic (exact) mass is 250 g/mol. The zero-order chi connectivity index (χ0) is 11.7. The Balaban J connectivity index is 1.64. The summed E-state index contributed by atoms with van der Waals surface area (Å²) >= 11 is 1.62. The van der Waals surface area contributed by atoms with Gasteiger partial charge in [-0.2, -0.15) is 0 Å². The van der Waals surface area contributed by atoms with E-state index in [4.69, 9.17) is 0 Å². The Hall–Kier alpha value is -1.30. The van der Waals surface area contributed by atoms with Gasteiger partial charge in [0.25, 0.3) is 0 Å². The van der Waals surface area contributed by atoms with Gasteiger partial charge in [0.1, 0.15) is 0 Å². The summed E-state index contributed by atoms with van der Waals surface area (Å²) in [5.74, 6) is 1.14. The summed E-state index contributed by atoms with van der Waals surface area (Å²) in [7, 11) is 0. The predicted molar refractivity (Wildman–Crippen MR) is 66.9 cm³/mol. The number of nitrogens with zero attached hydrogens (tertiary/aromatic N) is 3. The Morgan fingerprint density at radius 1 is 1.59 bits per heavy atom. The van der Waals surface area contributed by atoms with Crippen LogP contribution in [0.2, 0.25) is 0 Å². The van der Waals surface area contributed by atoms with E-state index in [1.54, 1.807) is 11.8 Å². The fourth-order valence-electron chi connectivity index (χ4n) is 2.21. The number of aryl methyl sites for hydroxylation is 1. The molecule has 0 spiro atoms. The summed E-state index contributed by atoms with van der Waals surface area (Å²) < 4.78 is 2.12. The fourth-order valence-corrected chi connectivity index (χ4v) is 2.94. The van der Waals surface area contributed by atoms with Crippen molar-refractivity contribution in [3.05, 3.63) is 18.2 Å². The van der Waals surface area contributed by atoms with Gasteiger partial charge in [-0.15, -0.1) is 0 Å². The van der Waals surface area contributed by atoms with Gasteiger partial charge in [0.15, 0.2) is 5.17 Å². The number of thioether (sulfide) groups is 1. The van der Waals surface area contributed by atoms with Crippen LogP contribution in [0.1, 0.15) is 12.1 Å². The molecule has 17 heavy (non-hydrogen) atoms. The van der Waals surface area contributed by atoms with Gasteiger partial charge in [0, 0.05) is 36.5 Å². The lowest BCUT2D eigenvalue weighted by Crippen LogP contribution is -2.37. The summed E-state index contributed by atoms with van der Waals surface area (Å²) in [6.07, 6.45) is 5.35. The van der Waals surface area contributed by atoms with Crippen molar-refractivity contribution in [3.63, 3.8) is 0 Å². The zero-order valence-electron chi connectivity index (χ0n) is 9.43. The molecule has 1 atom stereocenters.